The van der Waals surface area contributed by atoms with Gasteiger partial charge in [0, 0.05) is 28.9 Å². The largest absolute Gasteiger partial charge is 0.481 e. The lowest BCUT2D eigenvalue weighted by molar-refractivity contribution is -0.137. The lowest BCUT2D eigenvalue weighted by Crippen LogP contribution is -1.93. The summed E-state index contributed by atoms with van der Waals surface area (Å²) in [6.45, 7) is 0. The first-order valence-electron chi connectivity index (χ1n) is 7.25. The van der Waals surface area contributed by atoms with Crippen molar-refractivity contribution in [3.63, 3.8) is 0 Å². The second-order valence-electron chi connectivity index (χ2n) is 5.01. The van der Waals surface area contributed by atoms with Crippen LogP contribution in [0.5, 0.6) is 0 Å². The maximum atomic E-state index is 10.5. The highest BCUT2D eigenvalue weighted by molar-refractivity contribution is 9.10. The van der Waals surface area contributed by atoms with Crippen LogP contribution in [0.1, 0.15) is 36.8 Å². The van der Waals surface area contributed by atoms with E-state index in [0.717, 1.165) is 34.0 Å². The van der Waals surface area contributed by atoms with Crippen LogP contribution in [-0.2, 0) is 4.79 Å². The zero-order valence-electron chi connectivity index (χ0n) is 12.2. The van der Waals surface area contributed by atoms with Gasteiger partial charge in [-0.05, 0) is 48.6 Å². The van der Waals surface area contributed by atoms with Gasteiger partial charge in [-0.3, -0.25) is 9.78 Å². The van der Waals surface area contributed by atoms with Crippen molar-refractivity contribution < 1.29 is 9.90 Å². The first kappa shape index (κ1) is 16.4. The number of carboxylic acid groups (broad SMARTS) is 1. The van der Waals surface area contributed by atoms with Crippen molar-refractivity contribution >= 4 is 27.5 Å². The third kappa shape index (κ3) is 5.11. The first-order valence-corrected chi connectivity index (χ1v) is 8.04. The Kier molecular flexibility index (Phi) is 6.34. The highest BCUT2D eigenvalue weighted by atomic mass is 79.9. The van der Waals surface area contributed by atoms with E-state index in [1.165, 1.54) is 0 Å². The summed E-state index contributed by atoms with van der Waals surface area (Å²) in [6.07, 6.45) is 8.43. The van der Waals surface area contributed by atoms with Gasteiger partial charge in [0.25, 0.3) is 0 Å². The molecule has 1 aromatic carbocycles. The third-order valence-corrected chi connectivity index (χ3v) is 3.85. The Labute approximate surface area is 138 Å². The van der Waals surface area contributed by atoms with E-state index in [4.69, 9.17) is 5.11 Å². The van der Waals surface area contributed by atoms with Gasteiger partial charge in [0.2, 0.25) is 0 Å². The predicted octanol–water partition coefficient (Wildman–Crippen LogP) is 4.92. The van der Waals surface area contributed by atoms with Crippen LogP contribution < -0.4 is 0 Å². The molecule has 0 atom stereocenters. The predicted molar refractivity (Wildman–Crippen MR) is 91.6 cm³/mol. The van der Waals surface area contributed by atoms with Gasteiger partial charge in [-0.2, -0.15) is 0 Å². The minimum Gasteiger partial charge on any atom is -0.481 e. The van der Waals surface area contributed by atoms with E-state index in [2.05, 4.69) is 39.1 Å². The van der Waals surface area contributed by atoms with Crippen LogP contribution in [0.15, 0.2) is 59.3 Å². The van der Waals surface area contributed by atoms with Crippen molar-refractivity contribution in [3.8, 4) is 0 Å². The van der Waals surface area contributed by atoms with Gasteiger partial charge in [0.15, 0.2) is 0 Å². The molecule has 0 radical (unpaired) electrons. The number of unbranched alkanes of at least 4 members (excludes halogenated alkanes) is 2. The van der Waals surface area contributed by atoms with E-state index in [9.17, 15) is 4.79 Å². The standard InChI is InChI=1S/C18H18BrNO2/c19-16-10-8-14(9-11-16)17(15-5-4-12-20-13-15)6-2-1-3-7-18(21)22/h4-6,8-13H,1-3,7H2,(H,21,22). The lowest BCUT2D eigenvalue weighted by Gasteiger charge is -2.08. The monoisotopic (exact) mass is 359 g/mol. The van der Waals surface area contributed by atoms with E-state index in [0.29, 0.717) is 6.42 Å². The molecule has 0 saturated heterocycles. The second kappa shape index (κ2) is 8.49. The van der Waals surface area contributed by atoms with Gasteiger partial charge in [-0.1, -0.05) is 40.2 Å². The number of allylic oxidation sites excluding steroid dienone is 1. The highest BCUT2D eigenvalue weighted by Gasteiger charge is 2.05. The normalized spacial score (nSPS) is 11.4. The summed E-state index contributed by atoms with van der Waals surface area (Å²) in [7, 11) is 0. The maximum absolute atomic E-state index is 10.5. The molecule has 1 aromatic heterocycles. The molecule has 0 aliphatic carbocycles. The number of halogens is 1. The Balaban J connectivity index is 2.15. The summed E-state index contributed by atoms with van der Waals surface area (Å²) in [5, 5.41) is 8.68. The van der Waals surface area contributed by atoms with Gasteiger partial charge in [0.05, 0.1) is 0 Å². The minimum atomic E-state index is -0.732. The van der Waals surface area contributed by atoms with E-state index < -0.39 is 5.97 Å². The molecule has 114 valence electrons. The smallest absolute Gasteiger partial charge is 0.303 e. The molecule has 4 heteroatoms. The number of nitrogens with zero attached hydrogens (tertiary/aromatic N) is 1. The molecular formula is C18H18BrNO2. The van der Waals surface area contributed by atoms with Crippen molar-refractivity contribution in [2.24, 2.45) is 0 Å². The molecule has 1 heterocycles. The Morgan fingerprint density at radius 3 is 2.55 bits per heavy atom. The van der Waals surface area contributed by atoms with E-state index in [1.807, 2.05) is 30.5 Å². The Morgan fingerprint density at radius 1 is 1.14 bits per heavy atom. The summed E-state index contributed by atoms with van der Waals surface area (Å²) in [4.78, 5) is 14.7. The number of pyridine rings is 1. The number of hydrogen-bond acceptors (Lipinski definition) is 2. The number of aliphatic carboxylic acids is 1. The van der Waals surface area contributed by atoms with Crippen molar-refractivity contribution in [2.75, 3.05) is 0 Å². The van der Waals surface area contributed by atoms with Gasteiger partial charge in [0.1, 0.15) is 0 Å². The average molecular weight is 360 g/mol. The Bertz CT molecular complexity index is 636. The van der Waals surface area contributed by atoms with Crippen molar-refractivity contribution in [3.05, 3.63) is 70.5 Å². The summed E-state index contributed by atoms with van der Waals surface area (Å²) in [6, 6.07) is 12.1. The number of carbonyl (C=O) groups is 1. The lowest BCUT2D eigenvalue weighted by atomic mass is 9.97. The Morgan fingerprint density at radius 2 is 1.91 bits per heavy atom. The van der Waals surface area contributed by atoms with E-state index >= 15 is 0 Å². The number of carboxylic acids is 1. The fourth-order valence-corrected chi connectivity index (χ4v) is 2.49. The van der Waals surface area contributed by atoms with Crippen LogP contribution in [-0.4, -0.2) is 16.1 Å². The van der Waals surface area contributed by atoms with Crippen LogP contribution in [0.2, 0.25) is 0 Å². The maximum Gasteiger partial charge on any atom is 0.303 e. The summed E-state index contributed by atoms with van der Waals surface area (Å²) >= 11 is 3.45. The van der Waals surface area contributed by atoms with Crippen molar-refractivity contribution in [2.45, 2.75) is 25.7 Å². The van der Waals surface area contributed by atoms with Gasteiger partial charge < -0.3 is 5.11 Å². The number of benzene rings is 1. The van der Waals surface area contributed by atoms with Crippen LogP contribution in [0.25, 0.3) is 5.57 Å². The number of hydrogen-bond donors (Lipinski definition) is 1. The quantitative estimate of drug-likeness (QED) is 0.713. The van der Waals surface area contributed by atoms with Crippen LogP contribution in [0, 0.1) is 0 Å². The SMILES string of the molecule is O=C(O)CCCCC=C(c1ccc(Br)cc1)c1cccnc1. The molecule has 0 fully saturated rings. The molecule has 0 aliphatic heterocycles. The molecule has 1 N–H and O–H groups in total. The fraction of sp³-hybridized carbons (Fsp3) is 0.222. The van der Waals surface area contributed by atoms with E-state index in [1.54, 1.807) is 6.20 Å². The molecule has 2 rings (SSSR count). The number of rotatable bonds is 7. The Hall–Kier alpha value is -1.94. The number of aromatic nitrogens is 1. The van der Waals surface area contributed by atoms with Crippen LogP contribution >= 0.6 is 15.9 Å². The molecule has 0 bridgehead atoms. The summed E-state index contributed by atoms with van der Waals surface area (Å²) < 4.78 is 1.04. The molecule has 2 aromatic rings. The molecule has 22 heavy (non-hydrogen) atoms. The first-order chi connectivity index (χ1) is 10.7. The molecule has 3 nitrogen and oxygen atoms in total. The average Bonchev–Trinajstić information content (AvgIpc) is 2.53. The van der Waals surface area contributed by atoms with Crippen molar-refractivity contribution in [1.82, 2.24) is 4.98 Å². The van der Waals surface area contributed by atoms with Gasteiger partial charge in [-0.25, -0.2) is 0 Å². The minimum absolute atomic E-state index is 0.231. The topological polar surface area (TPSA) is 50.2 Å². The van der Waals surface area contributed by atoms with Crippen molar-refractivity contribution in [1.29, 1.82) is 0 Å². The molecule has 0 saturated carbocycles. The fourth-order valence-electron chi connectivity index (χ4n) is 2.22. The molecule has 0 amide bonds. The van der Waals surface area contributed by atoms with Gasteiger partial charge >= 0.3 is 5.97 Å². The third-order valence-electron chi connectivity index (χ3n) is 3.32. The molecule has 0 aliphatic rings. The highest BCUT2D eigenvalue weighted by Crippen LogP contribution is 2.25. The van der Waals surface area contributed by atoms with E-state index in [-0.39, 0.29) is 6.42 Å². The molecule has 0 spiro atoms. The summed E-state index contributed by atoms with van der Waals surface area (Å²) in [5.74, 6) is -0.732. The van der Waals surface area contributed by atoms with Gasteiger partial charge in [-0.15, -0.1) is 0 Å². The molecule has 0 unspecified atom stereocenters. The summed E-state index contributed by atoms with van der Waals surface area (Å²) in [5.41, 5.74) is 3.34. The zero-order chi connectivity index (χ0) is 15.8. The second-order valence-corrected chi connectivity index (χ2v) is 5.92. The van der Waals surface area contributed by atoms with Crippen LogP contribution in [0.3, 0.4) is 0 Å². The zero-order valence-corrected chi connectivity index (χ0v) is 13.8. The van der Waals surface area contributed by atoms with Crippen LogP contribution in [0.4, 0.5) is 0 Å². The molecular weight excluding hydrogens is 342 g/mol.